The van der Waals surface area contributed by atoms with Crippen LogP contribution in [0.3, 0.4) is 0 Å². The summed E-state index contributed by atoms with van der Waals surface area (Å²) in [6.07, 6.45) is 0. The summed E-state index contributed by atoms with van der Waals surface area (Å²) in [6.45, 7) is 6.24. The van der Waals surface area contributed by atoms with E-state index in [-0.39, 0.29) is 17.4 Å². The van der Waals surface area contributed by atoms with Crippen LogP contribution in [0, 0.1) is 0 Å². The number of carbonyl (C=O) groups is 2. The van der Waals surface area contributed by atoms with Crippen LogP contribution in [0.4, 0.5) is 5.69 Å². The second-order valence-corrected chi connectivity index (χ2v) is 6.87. The highest BCUT2D eigenvalue weighted by atomic mass is 16.5. The standard InChI is InChI=1S/C20H24N2O3/c1-20(2,3)22-19(24)15-8-10-17(11-9-15)21-18(23)16-7-5-6-14(12-16)13-25-4/h5-12H,13H2,1-4H3,(H,21,23)(H,22,24). The van der Waals surface area contributed by atoms with Crippen molar-refractivity contribution >= 4 is 17.5 Å². The number of carbonyl (C=O) groups excluding carboxylic acids is 2. The Balaban J connectivity index is 2.04. The third kappa shape index (κ3) is 5.72. The van der Waals surface area contributed by atoms with Crippen LogP contribution in [-0.4, -0.2) is 24.5 Å². The molecule has 0 saturated heterocycles. The first-order valence-corrected chi connectivity index (χ1v) is 8.10. The molecule has 0 saturated carbocycles. The highest BCUT2D eigenvalue weighted by molar-refractivity contribution is 6.04. The molecule has 25 heavy (non-hydrogen) atoms. The molecule has 5 nitrogen and oxygen atoms in total. The number of ether oxygens (including phenoxy) is 1. The number of rotatable bonds is 5. The third-order valence-electron chi connectivity index (χ3n) is 3.39. The summed E-state index contributed by atoms with van der Waals surface area (Å²) in [5.74, 6) is -0.345. The largest absolute Gasteiger partial charge is 0.380 e. The van der Waals surface area contributed by atoms with E-state index in [1.165, 1.54) is 0 Å². The maximum atomic E-state index is 12.3. The van der Waals surface area contributed by atoms with Gasteiger partial charge in [0.15, 0.2) is 0 Å². The van der Waals surface area contributed by atoms with Gasteiger partial charge in [0.1, 0.15) is 0 Å². The van der Waals surface area contributed by atoms with E-state index in [2.05, 4.69) is 10.6 Å². The minimum atomic E-state index is -0.294. The molecule has 0 bridgehead atoms. The zero-order valence-electron chi connectivity index (χ0n) is 15.1. The number of benzene rings is 2. The average molecular weight is 340 g/mol. The molecule has 132 valence electrons. The van der Waals surface area contributed by atoms with Gasteiger partial charge in [-0.05, 0) is 62.7 Å². The summed E-state index contributed by atoms with van der Waals surface area (Å²) < 4.78 is 5.08. The highest BCUT2D eigenvalue weighted by Gasteiger charge is 2.15. The molecule has 0 atom stereocenters. The zero-order chi connectivity index (χ0) is 18.4. The summed E-state index contributed by atoms with van der Waals surface area (Å²) >= 11 is 0. The predicted octanol–water partition coefficient (Wildman–Crippen LogP) is 3.61. The van der Waals surface area contributed by atoms with Crippen molar-refractivity contribution in [3.63, 3.8) is 0 Å². The number of hydrogen-bond acceptors (Lipinski definition) is 3. The van der Waals surface area contributed by atoms with Gasteiger partial charge in [-0.2, -0.15) is 0 Å². The number of methoxy groups -OCH3 is 1. The summed E-state index contributed by atoms with van der Waals surface area (Å²) in [5.41, 5.74) is 2.38. The molecule has 0 spiro atoms. The normalized spacial score (nSPS) is 11.0. The number of anilines is 1. The molecular formula is C20H24N2O3. The Bertz CT molecular complexity index is 746. The maximum Gasteiger partial charge on any atom is 0.255 e. The van der Waals surface area contributed by atoms with Gasteiger partial charge in [-0.25, -0.2) is 0 Å². The molecule has 2 aromatic carbocycles. The molecule has 5 heteroatoms. The van der Waals surface area contributed by atoms with Crippen LogP contribution >= 0.6 is 0 Å². The van der Waals surface area contributed by atoms with Crippen molar-refractivity contribution in [3.05, 3.63) is 65.2 Å². The molecule has 0 unspecified atom stereocenters. The quantitative estimate of drug-likeness (QED) is 0.874. The van der Waals surface area contributed by atoms with Crippen molar-refractivity contribution in [1.82, 2.24) is 5.32 Å². The van der Waals surface area contributed by atoms with Crippen molar-refractivity contribution in [1.29, 1.82) is 0 Å². The first kappa shape index (κ1) is 18.7. The van der Waals surface area contributed by atoms with Crippen LogP contribution in [-0.2, 0) is 11.3 Å². The van der Waals surface area contributed by atoms with Gasteiger partial charge in [0.2, 0.25) is 0 Å². The Morgan fingerprint density at radius 1 is 0.960 bits per heavy atom. The summed E-state index contributed by atoms with van der Waals surface area (Å²) in [5, 5.41) is 5.73. The lowest BCUT2D eigenvalue weighted by atomic mass is 10.1. The maximum absolute atomic E-state index is 12.3. The average Bonchev–Trinajstić information content (AvgIpc) is 2.54. The molecule has 0 aromatic heterocycles. The van der Waals surface area contributed by atoms with Gasteiger partial charge in [0.25, 0.3) is 11.8 Å². The highest BCUT2D eigenvalue weighted by Crippen LogP contribution is 2.14. The van der Waals surface area contributed by atoms with Gasteiger partial charge in [-0.1, -0.05) is 12.1 Å². The lowest BCUT2D eigenvalue weighted by Gasteiger charge is -2.20. The molecule has 0 heterocycles. The molecular weight excluding hydrogens is 316 g/mol. The van der Waals surface area contributed by atoms with E-state index in [0.29, 0.717) is 23.4 Å². The summed E-state index contributed by atoms with van der Waals surface area (Å²) in [6, 6.07) is 14.1. The van der Waals surface area contributed by atoms with Crippen molar-refractivity contribution in [2.75, 3.05) is 12.4 Å². The molecule has 2 aromatic rings. The topological polar surface area (TPSA) is 67.4 Å². The lowest BCUT2D eigenvalue weighted by Crippen LogP contribution is -2.40. The Hall–Kier alpha value is -2.66. The minimum absolute atomic E-state index is 0.141. The lowest BCUT2D eigenvalue weighted by molar-refractivity contribution is 0.0919. The van der Waals surface area contributed by atoms with Gasteiger partial charge in [-0.15, -0.1) is 0 Å². The van der Waals surface area contributed by atoms with Gasteiger partial charge in [0, 0.05) is 29.5 Å². The molecule has 2 N–H and O–H groups in total. The molecule has 2 amide bonds. The van der Waals surface area contributed by atoms with Crippen molar-refractivity contribution < 1.29 is 14.3 Å². The van der Waals surface area contributed by atoms with E-state index in [1.54, 1.807) is 43.5 Å². The van der Waals surface area contributed by atoms with Gasteiger partial charge >= 0.3 is 0 Å². The van der Waals surface area contributed by atoms with E-state index < -0.39 is 0 Å². The number of nitrogens with one attached hydrogen (secondary N) is 2. The Morgan fingerprint density at radius 3 is 2.24 bits per heavy atom. The molecule has 0 aliphatic heterocycles. The fourth-order valence-corrected chi connectivity index (χ4v) is 2.29. The summed E-state index contributed by atoms with van der Waals surface area (Å²) in [4.78, 5) is 24.4. The second-order valence-electron chi connectivity index (χ2n) is 6.87. The van der Waals surface area contributed by atoms with E-state index >= 15 is 0 Å². The monoisotopic (exact) mass is 340 g/mol. The van der Waals surface area contributed by atoms with Gasteiger partial charge in [0.05, 0.1) is 6.61 Å². The minimum Gasteiger partial charge on any atom is -0.380 e. The molecule has 0 fully saturated rings. The first-order chi connectivity index (χ1) is 11.8. The summed E-state index contributed by atoms with van der Waals surface area (Å²) in [7, 11) is 1.62. The van der Waals surface area contributed by atoms with E-state index in [1.807, 2.05) is 32.9 Å². The molecule has 2 rings (SSSR count). The van der Waals surface area contributed by atoms with Crippen LogP contribution in [0.1, 0.15) is 47.1 Å². The predicted molar refractivity (Wildman–Crippen MR) is 98.8 cm³/mol. The Kier molecular flexibility index (Phi) is 5.93. The van der Waals surface area contributed by atoms with Gasteiger partial charge < -0.3 is 15.4 Å². The second kappa shape index (κ2) is 7.94. The van der Waals surface area contributed by atoms with Crippen LogP contribution < -0.4 is 10.6 Å². The number of amides is 2. The SMILES string of the molecule is COCc1cccc(C(=O)Nc2ccc(C(=O)NC(C)(C)C)cc2)c1. The van der Waals surface area contributed by atoms with Gasteiger partial charge in [-0.3, -0.25) is 9.59 Å². The molecule has 0 aliphatic carbocycles. The van der Waals surface area contributed by atoms with Crippen LogP contribution in [0.5, 0.6) is 0 Å². The van der Waals surface area contributed by atoms with E-state index in [9.17, 15) is 9.59 Å². The number of hydrogen-bond donors (Lipinski definition) is 2. The van der Waals surface area contributed by atoms with Crippen molar-refractivity contribution in [2.45, 2.75) is 32.9 Å². The molecule has 0 radical (unpaired) electrons. The van der Waals surface area contributed by atoms with Crippen LogP contribution in [0.2, 0.25) is 0 Å². The van der Waals surface area contributed by atoms with E-state index in [0.717, 1.165) is 5.56 Å². The zero-order valence-corrected chi connectivity index (χ0v) is 15.1. The first-order valence-electron chi connectivity index (χ1n) is 8.10. The van der Waals surface area contributed by atoms with Crippen LogP contribution in [0.25, 0.3) is 0 Å². The molecule has 0 aliphatic rings. The third-order valence-corrected chi connectivity index (χ3v) is 3.39. The van der Waals surface area contributed by atoms with Crippen molar-refractivity contribution in [3.8, 4) is 0 Å². The van der Waals surface area contributed by atoms with Crippen LogP contribution in [0.15, 0.2) is 48.5 Å². The smallest absolute Gasteiger partial charge is 0.255 e. The Morgan fingerprint density at radius 2 is 1.64 bits per heavy atom. The van der Waals surface area contributed by atoms with Crippen molar-refractivity contribution in [2.24, 2.45) is 0 Å². The fourth-order valence-electron chi connectivity index (χ4n) is 2.29. The Labute approximate surface area is 148 Å². The fraction of sp³-hybridized carbons (Fsp3) is 0.300. The van der Waals surface area contributed by atoms with E-state index in [4.69, 9.17) is 4.74 Å².